The quantitative estimate of drug-likeness (QED) is 0.300. The lowest BCUT2D eigenvalue weighted by atomic mass is 9.93. The van der Waals surface area contributed by atoms with Gasteiger partial charge in [-0.05, 0) is 76.8 Å². The Morgan fingerprint density at radius 2 is 1.61 bits per heavy atom. The van der Waals surface area contributed by atoms with E-state index in [4.69, 9.17) is 10.5 Å². The van der Waals surface area contributed by atoms with E-state index in [1.165, 1.54) is 0 Å². The first-order valence-electron chi connectivity index (χ1n) is 15.2. The average molecular weight is 573 g/mol. The van der Waals surface area contributed by atoms with Crippen LogP contribution in [0.15, 0.2) is 24.3 Å². The molecule has 4 N–H and O–H groups in total. The van der Waals surface area contributed by atoms with Gasteiger partial charge in [-0.1, -0.05) is 64.3 Å². The number of hydrogen-bond acceptors (Lipinski definition) is 5. The predicted octanol–water partition coefficient (Wildman–Crippen LogP) is 5.16. The number of amides is 4. The molecule has 0 bridgehead atoms. The molecule has 1 aliphatic carbocycles. The van der Waals surface area contributed by atoms with Gasteiger partial charge in [-0.3, -0.25) is 14.4 Å². The van der Waals surface area contributed by atoms with Crippen LogP contribution in [0, 0.1) is 5.92 Å². The average Bonchev–Trinajstić information content (AvgIpc) is 2.88. The van der Waals surface area contributed by atoms with Crippen molar-refractivity contribution in [3.63, 3.8) is 0 Å². The van der Waals surface area contributed by atoms with Crippen LogP contribution < -0.4 is 16.4 Å². The van der Waals surface area contributed by atoms with Gasteiger partial charge in [-0.25, -0.2) is 4.79 Å². The first-order valence-corrected chi connectivity index (χ1v) is 15.2. The molecule has 0 aliphatic heterocycles. The molecule has 0 aromatic heterocycles. The number of carbonyl (C=O) groups is 4. The maximum Gasteiger partial charge on any atom is 0.408 e. The van der Waals surface area contributed by atoms with Gasteiger partial charge in [-0.2, -0.15) is 0 Å². The number of primary amides is 1. The topological polar surface area (TPSA) is 131 Å². The Morgan fingerprint density at radius 3 is 2.12 bits per heavy atom. The van der Waals surface area contributed by atoms with Crippen molar-refractivity contribution in [2.24, 2.45) is 11.7 Å². The van der Waals surface area contributed by atoms with Crippen molar-refractivity contribution >= 4 is 23.8 Å². The van der Waals surface area contributed by atoms with Gasteiger partial charge in [0.2, 0.25) is 17.7 Å². The minimum Gasteiger partial charge on any atom is -0.444 e. The van der Waals surface area contributed by atoms with Gasteiger partial charge < -0.3 is 26.0 Å². The lowest BCUT2D eigenvalue weighted by Crippen LogP contribution is -2.57. The summed E-state index contributed by atoms with van der Waals surface area (Å²) in [5.74, 6) is -1.17. The van der Waals surface area contributed by atoms with Crippen LogP contribution in [-0.4, -0.2) is 52.4 Å². The van der Waals surface area contributed by atoms with E-state index in [2.05, 4.69) is 31.4 Å². The van der Waals surface area contributed by atoms with Gasteiger partial charge in [0.1, 0.15) is 17.7 Å². The molecule has 9 heteroatoms. The van der Waals surface area contributed by atoms with Gasteiger partial charge in [0.15, 0.2) is 0 Å². The Hall–Kier alpha value is -3.10. The van der Waals surface area contributed by atoms with Crippen LogP contribution in [0.5, 0.6) is 0 Å². The molecule has 41 heavy (non-hydrogen) atoms. The Labute approximate surface area is 246 Å². The summed E-state index contributed by atoms with van der Waals surface area (Å²) in [6, 6.07) is 5.16. The van der Waals surface area contributed by atoms with Gasteiger partial charge in [0.05, 0.1) is 6.42 Å². The number of hydrogen-bond donors (Lipinski definition) is 3. The van der Waals surface area contributed by atoms with Gasteiger partial charge >= 0.3 is 6.09 Å². The second-order valence-electron chi connectivity index (χ2n) is 12.8. The zero-order chi connectivity index (χ0) is 30.7. The molecule has 0 radical (unpaired) electrons. The monoisotopic (exact) mass is 572 g/mol. The van der Waals surface area contributed by atoms with E-state index in [1.807, 2.05) is 31.2 Å². The highest BCUT2D eigenvalue weighted by Gasteiger charge is 2.40. The van der Waals surface area contributed by atoms with E-state index >= 15 is 0 Å². The third-order valence-corrected chi connectivity index (χ3v) is 7.47. The van der Waals surface area contributed by atoms with E-state index in [-0.39, 0.29) is 18.0 Å². The van der Waals surface area contributed by atoms with Crippen molar-refractivity contribution in [3.05, 3.63) is 35.4 Å². The predicted molar refractivity (Wildman–Crippen MR) is 161 cm³/mol. The van der Waals surface area contributed by atoms with Gasteiger partial charge in [-0.15, -0.1) is 0 Å². The summed E-state index contributed by atoms with van der Waals surface area (Å²) < 4.78 is 5.39. The molecule has 1 aliphatic rings. The number of benzene rings is 1. The smallest absolute Gasteiger partial charge is 0.408 e. The van der Waals surface area contributed by atoms with Gasteiger partial charge in [0, 0.05) is 12.1 Å². The highest BCUT2D eigenvalue weighted by molar-refractivity contribution is 5.94. The van der Waals surface area contributed by atoms with Crippen LogP contribution >= 0.6 is 0 Å². The molecule has 0 saturated heterocycles. The zero-order valence-corrected chi connectivity index (χ0v) is 26.1. The third kappa shape index (κ3) is 11.4. The molecule has 230 valence electrons. The zero-order valence-electron chi connectivity index (χ0n) is 26.1. The number of carbonyl (C=O) groups excluding carboxylic acids is 4. The fourth-order valence-electron chi connectivity index (χ4n) is 5.24. The van der Waals surface area contributed by atoms with Crippen molar-refractivity contribution < 1.29 is 23.9 Å². The minimum atomic E-state index is -1.29. The molecule has 1 aromatic carbocycles. The number of alkyl carbamates (subject to hydrolysis) is 1. The third-order valence-electron chi connectivity index (χ3n) is 7.47. The molecule has 3 unspecified atom stereocenters. The summed E-state index contributed by atoms with van der Waals surface area (Å²) in [6.45, 7) is 13.3. The van der Waals surface area contributed by atoms with Crippen molar-refractivity contribution in [2.75, 3.05) is 0 Å². The number of ether oxygens (including phenoxy) is 1. The van der Waals surface area contributed by atoms with Gasteiger partial charge in [0.25, 0.3) is 0 Å². The van der Waals surface area contributed by atoms with Crippen LogP contribution in [-0.2, 0) is 25.5 Å². The van der Waals surface area contributed by atoms with Crippen molar-refractivity contribution in [2.45, 2.75) is 136 Å². The lowest BCUT2D eigenvalue weighted by molar-refractivity contribution is -0.146. The number of nitrogens with zero attached hydrogens (tertiary/aromatic N) is 1. The fraction of sp³-hybridized carbons (Fsp3) is 0.688. The minimum absolute atomic E-state index is 0.0397. The van der Waals surface area contributed by atoms with Crippen LogP contribution in [0.3, 0.4) is 0 Å². The number of rotatable bonds is 13. The normalized spacial score (nSPS) is 16.4. The lowest BCUT2D eigenvalue weighted by Gasteiger charge is -2.39. The molecular weight excluding hydrogens is 520 g/mol. The molecule has 9 nitrogen and oxygen atoms in total. The first kappa shape index (κ1) is 34.1. The Balaban J connectivity index is 2.57. The van der Waals surface area contributed by atoms with E-state index in [0.717, 1.165) is 50.5 Å². The van der Waals surface area contributed by atoms with E-state index in [1.54, 1.807) is 25.7 Å². The van der Waals surface area contributed by atoms with E-state index in [9.17, 15) is 19.2 Å². The molecule has 1 saturated carbocycles. The molecule has 4 amide bonds. The van der Waals surface area contributed by atoms with Crippen molar-refractivity contribution in [1.29, 1.82) is 0 Å². The maximum atomic E-state index is 14.4. The molecule has 3 atom stereocenters. The molecule has 0 heterocycles. The highest BCUT2D eigenvalue weighted by atomic mass is 16.6. The fourth-order valence-corrected chi connectivity index (χ4v) is 5.24. The van der Waals surface area contributed by atoms with Crippen molar-refractivity contribution in [1.82, 2.24) is 15.5 Å². The number of aryl methyl sites for hydroxylation is 1. The summed E-state index contributed by atoms with van der Waals surface area (Å²) in [5.41, 5.74) is 6.51. The molecule has 0 spiro atoms. The maximum absolute atomic E-state index is 14.4. The second kappa shape index (κ2) is 15.8. The van der Waals surface area contributed by atoms with Crippen LogP contribution in [0.4, 0.5) is 4.79 Å². The van der Waals surface area contributed by atoms with Crippen LogP contribution in [0.25, 0.3) is 0 Å². The first-order chi connectivity index (χ1) is 19.2. The SMILES string of the molecule is CCc1ccc(C(C(=O)NC2CCCCC2)N(C(=O)C(CC(N)=O)NC(=O)OC(C)(C)C)C(C)CCC(C)C)cc1. The van der Waals surface area contributed by atoms with Crippen LogP contribution in [0.1, 0.15) is 117 Å². The highest BCUT2D eigenvalue weighted by Crippen LogP contribution is 2.29. The number of nitrogens with two attached hydrogens (primary N) is 1. The Bertz CT molecular complexity index is 1010. The summed E-state index contributed by atoms with van der Waals surface area (Å²) in [7, 11) is 0. The summed E-state index contributed by atoms with van der Waals surface area (Å²) in [6.07, 6.45) is 6.10. The second-order valence-corrected chi connectivity index (χ2v) is 12.8. The van der Waals surface area contributed by atoms with Crippen LogP contribution in [0.2, 0.25) is 0 Å². The van der Waals surface area contributed by atoms with Crippen molar-refractivity contribution in [3.8, 4) is 0 Å². The summed E-state index contributed by atoms with van der Waals surface area (Å²) in [4.78, 5) is 54.8. The standard InChI is InChI=1S/C32H52N4O5/c1-8-23-16-18-24(19-17-23)28(29(38)34-25-12-10-9-11-13-25)36(22(4)15-14-21(2)3)30(39)26(20-27(33)37)35-31(40)41-32(5,6)7/h16-19,21-22,25-26,28H,8-15,20H2,1-7H3,(H2,33,37)(H,34,38)(H,35,40). The largest absolute Gasteiger partial charge is 0.444 e. The number of nitrogens with one attached hydrogen (secondary N) is 2. The Kier molecular flexibility index (Phi) is 13.1. The Morgan fingerprint density at radius 1 is 1.00 bits per heavy atom. The summed E-state index contributed by atoms with van der Waals surface area (Å²) >= 11 is 0. The molecule has 1 fully saturated rings. The summed E-state index contributed by atoms with van der Waals surface area (Å²) in [5, 5.41) is 5.78. The molecule has 1 aromatic rings. The molecule has 2 rings (SSSR count). The van der Waals surface area contributed by atoms with E-state index in [0.29, 0.717) is 17.9 Å². The van der Waals surface area contributed by atoms with E-state index < -0.39 is 42.0 Å². The molecular formula is C32H52N4O5.